The maximum atomic E-state index is 12.0. The zero-order valence-corrected chi connectivity index (χ0v) is 19.5. The van der Waals surface area contributed by atoms with E-state index >= 15 is 0 Å². The van der Waals surface area contributed by atoms with Crippen molar-refractivity contribution in [1.29, 1.82) is 0 Å². The summed E-state index contributed by atoms with van der Waals surface area (Å²) in [5.74, 6) is -0.888. The highest BCUT2D eigenvalue weighted by atomic mass is 32.2. The molecule has 0 fully saturated rings. The van der Waals surface area contributed by atoms with Crippen LogP contribution in [0.15, 0.2) is 87.5 Å². The summed E-state index contributed by atoms with van der Waals surface area (Å²) in [4.78, 5) is 15.1. The predicted molar refractivity (Wildman–Crippen MR) is 126 cm³/mol. The van der Waals surface area contributed by atoms with Crippen molar-refractivity contribution >= 4 is 16.9 Å². The number of hydrogen-bond acceptors (Lipinski definition) is 1. The Balaban J connectivity index is 2.16. The van der Waals surface area contributed by atoms with Crippen molar-refractivity contribution in [2.75, 3.05) is 0 Å². The number of carboxylic acids is 1. The summed E-state index contributed by atoms with van der Waals surface area (Å²) >= 11 is 0. The largest absolute Gasteiger partial charge is 0.478 e. The molecule has 0 atom stereocenters. The van der Waals surface area contributed by atoms with Gasteiger partial charge < -0.3 is 5.11 Å². The molecule has 0 saturated carbocycles. The number of aromatic carboxylic acids is 1. The molecule has 156 valence electrons. The average molecular weight is 420 g/mol. The third-order valence-electron chi connectivity index (χ3n) is 5.25. The van der Waals surface area contributed by atoms with Gasteiger partial charge in [-0.05, 0) is 58.4 Å². The molecule has 3 aromatic rings. The van der Waals surface area contributed by atoms with Crippen molar-refractivity contribution in [3.8, 4) is 0 Å². The van der Waals surface area contributed by atoms with Gasteiger partial charge in [0.2, 0.25) is 0 Å². The van der Waals surface area contributed by atoms with E-state index in [2.05, 4.69) is 90.1 Å². The molecule has 2 nitrogen and oxygen atoms in total. The van der Waals surface area contributed by atoms with Crippen molar-refractivity contribution in [3.05, 3.63) is 89.5 Å². The molecule has 3 aromatic carbocycles. The van der Waals surface area contributed by atoms with Crippen molar-refractivity contribution in [2.45, 2.75) is 67.1 Å². The maximum absolute atomic E-state index is 12.0. The molecular formula is C27H31O2S+. The van der Waals surface area contributed by atoms with E-state index in [1.165, 1.54) is 11.1 Å². The normalized spacial score (nSPS) is 12.2. The summed E-state index contributed by atoms with van der Waals surface area (Å²) in [6.07, 6.45) is 0. The number of hydrogen-bond donors (Lipinski definition) is 1. The van der Waals surface area contributed by atoms with Crippen LogP contribution in [0.3, 0.4) is 0 Å². The Morgan fingerprint density at radius 2 is 1.07 bits per heavy atom. The minimum atomic E-state index is -0.888. The molecular weight excluding hydrogens is 388 g/mol. The van der Waals surface area contributed by atoms with Crippen LogP contribution in [-0.4, -0.2) is 11.1 Å². The van der Waals surface area contributed by atoms with Crippen molar-refractivity contribution in [2.24, 2.45) is 0 Å². The Bertz CT molecular complexity index is 963. The molecule has 0 aromatic heterocycles. The molecule has 0 saturated heterocycles. The number of carboxylic acid groups (broad SMARTS) is 1. The van der Waals surface area contributed by atoms with Gasteiger partial charge in [-0.1, -0.05) is 77.9 Å². The topological polar surface area (TPSA) is 37.3 Å². The number of carbonyl (C=O) groups is 1. The lowest BCUT2D eigenvalue weighted by Gasteiger charge is -2.20. The Morgan fingerprint density at radius 1 is 0.667 bits per heavy atom. The quantitative estimate of drug-likeness (QED) is 0.459. The van der Waals surface area contributed by atoms with Crippen molar-refractivity contribution in [1.82, 2.24) is 0 Å². The van der Waals surface area contributed by atoms with Crippen LogP contribution in [0.4, 0.5) is 0 Å². The highest BCUT2D eigenvalue weighted by Crippen LogP contribution is 2.35. The lowest BCUT2D eigenvalue weighted by Crippen LogP contribution is -2.14. The first-order valence-electron chi connectivity index (χ1n) is 10.3. The fraction of sp³-hybridized carbons (Fsp3) is 0.296. The van der Waals surface area contributed by atoms with Gasteiger partial charge in [-0.25, -0.2) is 4.79 Å². The van der Waals surface area contributed by atoms with Gasteiger partial charge in [0, 0.05) is 0 Å². The molecule has 3 rings (SSSR count). The Labute approximate surface area is 183 Å². The van der Waals surface area contributed by atoms with Crippen LogP contribution in [0.5, 0.6) is 0 Å². The van der Waals surface area contributed by atoms with E-state index in [9.17, 15) is 9.90 Å². The van der Waals surface area contributed by atoms with Crippen LogP contribution >= 0.6 is 0 Å². The second-order valence-corrected chi connectivity index (χ2v) is 11.7. The first kappa shape index (κ1) is 22.2. The monoisotopic (exact) mass is 419 g/mol. The summed E-state index contributed by atoms with van der Waals surface area (Å²) in [6.45, 7) is 13.2. The van der Waals surface area contributed by atoms with Crippen LogP contribution in [0.2, 0.25) is 0 Å². The van der Waals surface area contributed by atoms with E-state index in [-0.39, 0.29) is 10.8 Å². The molecule has 30 heavy (non-hydrogen) atoms. The van der Waals surface area contributed by atoms with E-state index in [1.807, 2.05) is 12.1 Å². The first-order valence-corrected chi connectivity index (χ1v) is 11.5. The molecule has 0 aliphatic heterocycles. The summed E-state index contributed by atoms with van der Waals surface area (Å²) < 4.78 is 0. The standard InChI is InChI=1S/C27H30O2S/c1-26(2,3)19-11-15-21(16-12-19)30(24-10-8-7-9-23(24)25(28)29)22-17-13-20(14-18-22)27(4,5)6/h7-18H,1-6H3/p+1. The van der Waals surface area contributed by atoms with Gasteiger partial charge in [0.05, 0.1) is 0 Å². The van der Waals surface area contributed by atoms with Gasteiger partial charge in [-0.15, -0.1) is 0 Å². The van der Waals surface area contributed by atoms with Gasteiger partial charge in [-0.3, -0.25) is 0 Å². The van der Waals surface area contributed by atoms with E-state index in [0.717, 1.165) is 14.7 Å². The third kappa shape index (κ3) is 4.79. The summed E-state index contributed by atoms with van der Waals surface area (Å²) in [6, 6.07) is 24.6. The van der Waals surface area contributed by atoms with E-state index in [0.29, 0.717) is 5.56 Å². The fourth-order valence-corrected chi connectivity index (χ4v) is 5.58. The van der Waals surface area contributed by atoms with E-state index in [1.54, 1.807) is 12.1 Å². The SMILES string of the molecule is CC(C)(C)c1ccc([S+](c2ccc(C(C)(C)C)cc2)c2ccccc2C(=O)O)cc1. The van der Waals surface area contributed by atoms with Crippen molar-refractivity contribution < 1.29 is 9.90 Å². The average Bonchev–Trinajstić information content (AvgIpc) is 2.68. The predicted octanol–water partition coefficient (Wildman–Crippen LogP) is 7.08. The highest BCUT2D eigenvalue weighted by Gasteiger charge is 2.33. The van der Waals surface area contributed by atoms with Crippen molar-refractivity contribution in [3.63, 3.8) is 0 Å². The summed E-state index contributed by atoms with van der Waals surface area (Å²) in [5.41, 5.74) is 3.05. The summed E-state index contributed by atoms with van der Waals surface area (Å²) in [7, 11) is -0.498. The molecule has 0 bridgehead atoms. The minimum Gasteiger partial charge on any atom is -0.478 e. The molecule has 3 heteroatoms. The van der Waals surface area contributed by atoms with E-state index < -0.39 is 16.9 Å². The molecule has 0 aliphatic rings. The molecule has 0 radical (unpaired) electrons. The van der Waals surface area contributed by atoms with E-state index in [4.69, 9.17) is 0 Å². The Morgan fingerprint density at radius 3 is 1.43 bits per heavy atom. The zero-order chi connectivity index (χ0) is 22.1. The van der Waals surface area contributed by atoms with Crippen LogP contribution in [0, 0.1) is 0 Å². The van der Waals surface area contributed by atoms with Crippen LogP contribution in [0.25, 0.3) is 0 Å². The molecule has 0 unspecified atom stereocenters. The van der Waals surface area contributed by atoms with Gasteiger partial charge in [0.15, 0.2) is 14.7 Å². The van der Waals surface area contributed by atoms with Gasteiger partial charge in [-0.2, -0.15) is 0 Å². The van der Waals surface area contributed by atoms with Gasteiger partial charge >= 0.3 is 5.97 Å². The summed E-state index contributed by atoms with van der Waals surface area (Å²) in [5, 5.41) is 9.81. The lowest BCUT2D eigenvalue weighted by atomic mass is 9.87. The highest BCUT2D eigenvalue weighted by molar-refractivity contribution is 7.97. The maximum Gasteiger partial charge on any atom is 0.340 e. The third-order valence-corrected chi connectivity index (χ3v) is 7.53. The number of rotatable bonds is 4. The smallest absolute Gasteiger partial charge is 0.340 e. The first-order chi connectivity index (χ1) is 14.0. The molecule has 0 heterocycles. The molecule has 0 aliphatic carbocycles. The van der Waals surface area contributed by atoms with Crippen LogP contribution < -0.4 is 0 Å². The van der Waals surface area contributed by atoms with Crippen LogP contribution in [-0.2, 0) is 21.7 Å². The molecule has 0 spiro atoms. The number of benzene rings is 3. The van der Waals surface area contributed by atoms with Crippen LogP contribution in [0.1, 0.15) is 63.0 Å². The molecule has 1 N–H and O–H groups in total. The minimum absolute atomic E-state index is 0.0739. The Hall–Kier alpha value is -2.52. The second-order valence-electron chi connectivity index (χ2n) is 9.66. The fourth-order valence-electron chi connectivity index (χ4n) is 3.39. The Kier molecular flexibility index (Phi) is 6.14. The second kappa shape index (κ2) is 8.31. The molecule has 0 amide bonds. The zero-order valence-electron chi connectivity index (χ0n) is 18.7. The lowest BCUT2D eigenvalue weighted by molar-refractivity contribution is 0.0693. The van der Waals surface area contributed by atoms with Gasteiger partial charge in [0.1, 0.15) is 16.5 Å². The van der Waals surface area contributed by atoms with Gasteiger partial charge in [0.25, 0.3) is 0 Å².